The molecule has 0 bridgehead atoms. The lowest BCUT2D eigenvalue weighted by atomic mass is 9.91. The molecular formula is C20H19N3O4. The van der Waals surface area contributed by atoms with E-state index in [1.165, 1.54) is 7.11 Å². The maximum absolute atomic E-state index is 12.4. The summed E-state index contributed by atoms with van der Waals surface area (Å²) < 4.78 is 15.4. The van der Waals surface area contributed by atoms with E-state index in [-0.39, 0.29) is 5.97 Å². The fourth-order valence-corrected chi connectivity index (χ4v) is 3.33. The maximum Gasteiger partial charge on any atom is 0.315 e. The molecule has 0 aliphatic carbocycles. The smallest absolute Gasteiger partial charge is 0.315 e. The van der Waals surface area contributed by atoms with Crippen molar-refractivity contribution in [1.82, 2.24) is 9.97 Å². The molecule has 7 nitrogen and oxygen atoms in total. The minimum atomic E-state index is -0.472. The minimum absolute atomic E-state index is 0.310. The third kappa shape index (κ3) is 2.91. The van der Waals surface area contributed by atoms with Crippen LogP contribution < -0.4 is 9.47 Å². The molecule has 0 radical (unpaired) electrons. The summed E-state index contributed by atoms with van der Waals surface area (Å²) in [7, 11) is 4.58. The molecule has 3 aromatic rings. The van der Waals surface area contributed by atoms with Gasteiger partial charge in [-0.15, -0.1) is 0 Å². The fourth-order valence-electron chi connectivity index (χ4n) is 3.33. The first kappa shape index (κ1) is 17.1. The van der Waals surface area contributed by atoms with Crippen molar-refractivity contribution in [3.63, 3.8) is 0 Å². The SMILES string of the molecule is COC(=O)C1CC(c2ccc(OC)cc2)=Nc2c1[nH]c1nc(OC)ccc21. The summed E-state index contributed by atoms with van der Waals surface area (Å²) >= 11 is 0. The van der Waals surface area contributed by atoms with Crippen LogP contribution in [0.15, 0.2) is 41.4 Å². The molecule has 0 saturated heterocycles. The van der Waals surface area contributed by atoms with Crippen molar-refractivity contribution in [2.75, 3.05) is 21.3 Å². The van der Waals surface area contributed by atoms with Gasteiger partial charge in [-0.1, -0.05) is 0 Å². The van der Waals surface area contributed by atoms with Crippen LogP contribution in [0.1, 0.15) is 23.6 Å². The van der Waals surface area contributed by atoms with Crippen LogP contribution in [0, 0.1) is 0 Å². The molecule has 1 atom stereocenters. The highest BCUT2D eigenvalue weighted by atomic mass is 16.5. The first-order valence-corrected chi connectivity index (χ1v) is 8.51. The van der Waals surface area contributed by atoms with E-state index in [2.05, 4.69) is 9.97 Å². The molecule has 1 N–H and O–H groups in total. The van der Waals surface area contributed by atoms with Crippen molar-refractivity contribution in [2.45, 2.75) is 12.3 Å². The van der Waals surface area contributed by atoms with Gasteiger partial charge < -0.3 is 19.2 Å². The van der Waals surface area contributed by atoms with E-state index in [1.54, 1.807) is 20.3 Å². The highest BCUT2D eigenvalue weighted by Gasteiger charge is 2.33. The number of nitrogens with zero attached hydrogens (tertiary/aromatic N) is 2. The van der Waals surface area contributed by atoms with Crippen molar-refractivity contribution in [2.24, 2.45) is 4.99 Å². The Morgan fingerprint density at radius 1 is 1.07 bits per heavy atom. The Bertz CT molecular complexity index is 1040. The lowest BCUT2D eigenvalue weighted by molar-refractivity contribution is -0.142. The Kier molecular flexibility index (Phi) is 4.27. The second-order valence-corrected chi connectivity index (χ2v) is 6.20. The number of pyridine rings is 1. The summed E-state index contributed by atoms with van der Waals surface area (Å²) in [6.45, 7) is 0. The van der Waals surface area contributed by atoms with Crippen LogP contribution in [0.3, 0.4) is 0 Å². The second-order valence-electron chi connectivity index (χ2n) is 6.20. The molecule has 4 rings (SSSR count). The van der Waals surface area contributed by atoms with E-state index in [1.807, 2.05) is 30.3 Å². The molecule has 0 fully saturated rings. The fraction of sp³-hybridized carbons (Fsp3) is 0.250. The average Bonchev–Trinajstić information content (AvgIpc) is 3.10. The van der Waals surface area contributed by atoms with Gasteiger partial charge in [0.1, 0.15) is 17.3 Å². The number of nitrogens with one attached hydrogen (secondary N) is 1. The highest BCUT2D eigenvalue weighted by Crippen LogP contribution is 2.41. The molecule has 27 heavy (non-hydrogen) atoms. The van der Waals surface area contributed by atoms with Crippen molar-refractivity contribution < 1.29 is 19.0 Å². The van der Waals surface area contributed by atoms with Gasteiger partial charge >= 0.3 is 5.97 Å². The van der Waals surface area contributed by atoms with Crippen LogP contribution in [-0.2, 0) is 9.53 Å². The van der Waals surface area contributed by atoms with Gasteiger partial charge in [-0.3, -0.25) is 9.79 Å². The summed E-state index contributed by atoms with van der Waals surface area (Å²) in [6, 6.07) is 11.3. The van der Waals surface area contributed by atoms with Gasteiger partial charge in [-0.2, -0.15) is 4.98 Å². The summed E-state index contributed by atoms with van der Waals surface area (Å²) in [4.78, 5) is 24.9. The summed E-state index contributed by atoms with van der Waals surface area (Å²) in [5.41, 5.74) is 3.82. The standard InChI is InChI=1S/C20H19N3O4/c1-25-12-6-4-11(5-7-12)15-10-14(20(24)27-3)18-17(21-15)13-8-9-16(26-2)22-19(13)23-18/h4-9,14H,10H2,1-3H3,(H,22,23). The number of aliphatic imine (C=N–C) groups is 1. The number of carbonyl (C=O) groups excluding carboxylic acids is 1. The average molecular weight is 365 g/mol. The predicted octanol–water partition coefficient (Wildman–Crippen LogP) is 3.36. The number of methoxy groups -OCH3 is 3. The molecule has 0 saturated carbocycles. The van der Waals surface area contributed by atoms with Crippen LogP contribution in [0.2, 0.25) is 0 Å². The van der Waals surface area contributed by atoms with Crippen LogP contribution in [0.5, 0.6) is 11.6 Å². The summed E-state index contributed by atoms with van der Waals surface area (Å²) in [5.74, 6) is 0.481. The number of carbonyl (C=O) groups is 1. The van der Waals surface area contributed by atoms with E-state index in [0.717, 1.165) is 28.1 Å². The normalized spacial score (nSPS) is 15.8. The van der Waals surface area contributed by atoms with Crippen LogP contribution in [0.4, 0.5) is 5.69 Å². The van der Waals surface area contributed by atoms with Crippen molar-refractivity contribution in [3.05, 3.63) is 47.7 Å². The Morgan fingerprint density at radius 3 is 2.52 bits per heavy atom. The zero-order valence-corrected chi connectivity index (χ0v) is 15.3. The second kappa shape index (κ2) is 6.75. The first-order valence-electron chi connectivity index (χ1n) is 8.51. The first-order chi connectivity index (χ1) is 13.1. The topological polar surface area (TPSA) is 85.8 Å². The monoisotopic (exact) mass is 365 g/mol. The van der Waals surface area contributed by atoms with E-state index >= 15 is 0 Å². The Labute approximate surface area is 156 Å². The Balaban J connectivity index is 1.87. The zero-order valence-electron chi connectivity index (χ0n) is 15.3. The molecule has 1 aliphatic heterocycles. The molecule has 0 spiro atoms. The summed E-state index contributed by atoms with van der Waals surface area (Å²) in [5, 5.41) is 0.838. The number of H-pyrrole nitrogens is 1. The number of rotatable bonds is 4. The molecule has 1 aromatic carbocycles. The number of aromatic nitrogens is 2. The molecule has 1 aliphatic rings. The number of esters is 1. The molecule has 3 heterocycles. The van der Waals surface area contributed by atoms with Crippen molar-refractivity contribution >= 4 is 28.4 Å². The van der Waals surface area contributed by atoms with Gasteiger partial charge in [0.05, 0.1) is 32.7 Å². The maximum atomic E-state index is 12.4. The van der Waals surface area contributed by atoms with Gasteiger partial charge in [0.15, 0.2) is 0 Å². The van der Waals surface area contributed by atoms with Crippen molar-refractivity contribution in [1.29, 1.82) is 0 Å². The number of hydrogen-bond acceptors (Lipinski definition) is 6. The van der Waals surface area contributed by atoms with E-state index in [0.29, 0.717) is 23.6 Å². The minimum Gasteiger partial charge on any atom is -0.497 e. The van der Waals surface area contributed by atoms with Gasteiger partial charge in [0.25, 0.3) is 0 Å². The number of benzene rings is 1. The number of ether oxygens (including phenoxy) is 3. The molecule has 2 aromatic heterocycles. The van der Waals surface area contributed by atoms with Gasteiger partial charge in [0, 0.05) is 23.6 Å². The van der Waals surface area contributed by atoms with Crippen LogP contribution >= 0.6 is 0 Å². The zero-order chi connectivity index (χ0) is 19.0. The van der Waals surface area contributed by atoms with E-state index in [9.17, 15) is 4.79 Å². The third-order valence-electron chi connectivity index (χ3n) is 4.74. The predicted molar refractivity (Wildman–Crippen MR) is 101 cm³/mol. The molecule has 1 unspecified atom stereocenters. The van der Waals surface area contributed by atoms with E-state index < -0.39 is 5.92 Å². The molecule has 0 amide bonds. The third-order valence-corrected chi connectivity index (χ3v) is 4.74. The highest BCUT2D eigenvalue weighted by molar-refractivity contribution is 6.09. The quantitative estimate of drug-likeness (QED) is 0.717. The van der Waals surface area contributed by atoms with Crippen molar-refractivity contribution in [3.8, 4) is 11.6 Å². The lowest BCUT2D eigenvalue weighted by Gasteiger charge is -2.20. The van der Waals surface area contributed by atoms with E-state index in [4.69, 9.17) is 19.2 Å². The van der Waals surface area contributed by atoms with Gasteiger partial charge in [-0.05, 0) is 35.9 Å². The van der Waals surface area contributed by atoms with Crippen LogP contribution in [-0.4, -0.2) is 43.0 Å². The van der Waals surface area contributed by atoms with Gasteiger partial charge in [-0.25, -0.2) is 0 Å². The number of aromatic amines is 1. The number of hydrogen-bond donors (Lipinski definition) is 1. The largest absolute Gasteiger partial charge is 0.497 e. The molecule has 138 valence electrons. The lowest BCUT2D eigenvalue weighted by Crippen LogP contribution is -2.21. The number of fused-ring (bicyclic) bond motifs is 3. The molecule has 7 heteroatoms. The molecular weight excluding hydrogens is 346 g/mol. The van der Waals surface area contributed by atoms with Gasteiger partial charge in [0.2, 0.25) is 5.88 Å². The Morgan fingerprint density at radius 2 is 1.85 bits per heavy atom. The summed E-state index contributed by atoms with van der Waals surface area (Å²) in [6.07, 6.45) is 0.440. The Hall–Kier alpha value is -3.35. The van der Waals surface area contributed by atoms with Crippen LogP contribution in [0.25, 0.3) is 11.0 Å².